The van der Waals surface area contributed by atoms with E-state index in [2.05, 4.69) is 11.2 Å². The monoisotopic (exact) mass is 235 g/mol. The van der Waals surface area contributed by atoms with E-state index in [4.69, 9.17) is 11.5 Å². The molecular formula is C12H10FNO3. The Morgan fingerprint density at radius 1 is 1.41 bits per heavy atom. The average molecular weight is 235 g/mol. The standard InChI is InChI=1S/C12H10FNO3/c1-2-3-10(12(16)17)14-11(15)8-4-6-9(13)7-5-8/h1,4-7,10H,3H2,(H,14,15)(H,16,17)/t10-/m1/s1. The van der Waals surface area contributed by atoms with E-state index in [1.165, 1.54) is 12.1 Å². The Bertz CT molecular complexity index is 462. The number of aliphatic carboxylic acids is 1. The molecule has 0 aromatic heterocycles. The van der Waals surface area contributed by atoms with Gasteiger partial charge in [0.15, 0.2) is 0 Å². The number of hydrogen-bond acceptors (Lipinski definition) is 2. The van der Waals surface area contributed by atoms with Crippen molar-refractivity contribution in [3.8, 4) is 12.3 Å². The van der Waals surface area contributed by atoms with Crippen LogP contribution in [0.4, 0.5) is 4.39 Å². The first-order valence-corrected chi connectivity index (χ1v) is 4.77. The van der Waals surface area contributed by atoms with Gasteiger partial charge in [-0.1, -0.05) is 0 Å². The molecule has 2 N–H and O–H groups in total. The summed E-state index contributed by atoms with van der Waals surface area (Å²) < 4.78 is 12.6. The van der Waals surface area contributed by atoms with Crippen LogP contribution in [0.5, 0.6) is 0 Å². The maximum atomic E-state index is 12.6. The van der Waals surface area contributed by atoms with E-state index in [0.717, 1.165) is 12.1 Å². The molecule has 5 heteroatoms. The number of amides is 1. The predicted octanol–water partition coefficient (Wildman–Crippen LogP) is 1.03. The Hall–Kier alpha value is -2.35. The minimum Gasteiger partial charge on any atom is -0.480 e. The molecule has 0 heterocycles. The number of benzene rings is 1. The van der Waals surface area contributed by atoms with E-state index in [0.29, 0.717) is 0 Å². The van der Waals surface area contributed by atoms with E-state index in [-0.39, 0.29) is 12.0 Å². The second kappa shape index (κ2) is 5.66. The smallest absolute Gasteiger partial charge is 0.327 e. The highest BCUT2D eigenvalue weighted by Gasteiger charge is 2.19. The molecule has 1 aromatic carbocycles. The van der Waals surface area contributed by atoms with Crippen LogP contribution >= 0.6 is 0 Å². The number of rotatable bonds is 4. The second-order valence-electron chi connectivity index (χ2n) is 3.28. The molecule has 0 radical (unpaired) electrons. The summed E-state index contributed by atoms with van der Waals surface area (Å²) in [6.45, 7) is 0. The molecule has 88 valence electrons. The van der Waals surface area contributed by atoms with Gasteiger partial charge in [0.05, 0.1) is 0 Å². The minimum absolute atomic E-state index is 0.109. The molecule has 17 heavy (non-hydrogen) atoms. The summed E-state index contributed by atoms with van der Waals surface area (Å²) in [6.07, 6.45) is 4.88. The average Bonchev–Trinajstić information content (AvgIpc) is 2.29. The van der Waals surface area contributed by atoms with Crippen molar-refractivity contribution in [3.05, 3.63) is 35.6 Å². The van der Waals surface area contributed by atoms with Gasteiger partial charge in [-0.05, 0) is 24.3 Å². The molecule has 1 atom stereocenters. The molecule has 0 spiro atoms. The van der Waals surface area contributed by atoms with E-state index in [9.17, 15) is 14.0 Å². The zero-order valence-corrected chi connectivity index (χ0v) is 8.81. The van der Waals surface area contributed by atoms with Crippen molar-refractivity contribution in [2.45, 2.75) is 12.5 Å². The summed E-state index contributed by atoms with van der Waals surface area (Å²) in [5, 5.41) is 11.0. The van der Waals surface area contributed by atoms with E-state index < -0.39 is 23.7 Å². The van der Waals surface area contributed by atoms with Gasteiger partial charge in [-0.2, -0.15) is 0 Å². The summed E-state index contributed by atoms with van der Waals surface area (Å²) in [6, 6.07) is 3.62. The Balaban J connectivity index is 2.74. The summed E-state index contributed by atoms with van der Waals surface area (Å²) in [5.41, 5.74) is 0.176. The number of carboxylic acids is 1. The lowest BCUT2D eigenvalue weighted by Gasteiger charge is -2.11. The molecule has 0 aliphatic heterocycles. The summed E-state index contributed by atoms with van der Waals surface area (Å²) in [4.78, 5) is 22.3. The van der Waals surface area contributed by atoms with Crippen molar-refractivity contribution < 1.29 is 19.1 Å². The van der Waals surface area contributed by atoms with Gasteiger partial charge in [0, 0.05) is 12.0 Å². The highest BCUT2D eigenvalue weighted by molar-refractivity contribution is 5.96. The van der Waals surface area contributed by atoms with Gasteiger partial charge in [-0.3, -0.25) is 4.79 Å². The van der Waals surface area contributed by atoms with Crippen LogP contribution in [0, 0.1) is 18.2 Å². The van der Waals surface area contributed by atoms with Crippen molar-refractivity contribution in [2.75, 3.05) is 0 Å². The lowest BCUT2D eigenvalue weighted by molar-refractivity contribution is -0.139. The maximum absolute atomic E-state index is 12.6. The first-order valence-electron chi connectivity index (χ1n) is 4.77. The number of halogens is 1. The van der Waals surface area contributed by atoms with Crippen molar-refractivity contribution in [2.24, 2.45) is 0 Å². The van der Waals surface area contributed by atoms with Crippen LogP contribution in [0.3, 0.4) is 0 Å². The summed E-state index contributed by atoms with van der Waals surface area (Å²) >= 11 is 0. The predicted molar refractivity (Wildman–Crippen MR) is 58.7 cm³/mol. The fourth-order valence-corrected chi connectivity index (χ4v) is 1.16. The largest absolute Gasteiger partial charge is 0.480 e. The molecule has 0 bridgehead atoms. The fraction of sp³-hybridized carbons (Fsp3) is 0.167. The van der Waals surface area contributed by atoms with Gasteiger partial charge in [-0.15, -0.1) is 12.3 Å². The number of hydrogen-bond donors (Lipinski definition) is 2. The third kappa shape index (κ3) is 3.61. The van der Waals surface area contributed by atoms with Crippen molar-refractivity contribution in [1.82, 2.24) is 5.32 Å². The lowest BCUT2D eigenvalue weighted by atomic mass is 10.1. The molecule has 1 rings (SSSR count). The number of terminal acetylenes is 1. The molecule has 0 saturated carbocycles. The van der Waals surface area contributed by atoms with Crippen LogP contribution < -0.4 is 5.32 Å². The van der Waals surface area contributed by atoms with Crippen LogP contribution in [0.1, 0.15) is 16.8 Å². The van der Waals surface area contributed by atoms with Gasteiger partial charge >= 0.3 is 5.97 Å². The number of carbonyl (C=O) groups is 2. The topological polar surface area (TPSA) is 66.4 Å². The van der Waals surface area contributed by atoms with Crippen molar-refractivity contribution in [1.29, 1.82) is 0 Å². The molecule has 1 aromatic rings. The lowest BCUT2D eigenvalue weighted by Crippen LogP contribution is -2.40. The van der Waals surface area contributed by atoms with Crippen LogP contribution in [0.15, 0.2) is 24.3 Å². The number of carbonyl (C=O) groups excluding carboxylic acids is 1. The summed E-state index contributed by atoms with van der Waals surface area (Å²) in [5.74, 6) is -0.127. The van der Waals surface area contributed by atoms with Crippen molar-refractivity contribution in [3.63, 3.8) is 0 Å². The SMILES string of the molecule is C#CC[C@@H](NC(=O)c1ccc(F)cc1)C(=O)O. The van der Waals surface area contributed by atoms with Crippen LogP contribution in [-0.4, -0.2) is 23.0 Å². The first kappa shape index (κ1) is 12.7. The van der Waals surface area contributed by atoms with Crippen LogP contribution in [-0.2, 0) is 4.79 Å². The highest BCUT2D eigenvalue weighted by Crippen LogP contribution is 2.03. The third-order valence-electron chi connectivity index (χ3n) is 2.03. The van der Waals surface area contributed by atoms with Gasteiger partial charge in [0.2, 0.25) is 0 Å². The summed E-state index contributed by atoms with van der Waals surface area (Å²) in [7, 11) is 0. The Morgan fingerprint density at radius 3 is 2.47 bits per heavy atom. The van der Waals surface area contributed by atoms with E-state index in [1.807, 2.05) is 0 Å². The van der Waals surface area contributed by atoms with Crippen LogP contribution in [0.25, 0.3) is 0 Å². The number of nitrogens with one attached hydrogen (secondary N) is 1. The van der Waals surface area contributed by atoms with E-state index in [1.54, 1.807) is 0 Å². The van der Waals surface area contributed by atoms with Gasteiger partial charge in [0.1, 0.15) is 11.9 Å². The molecule has 4 nitrogen and oxygen atoms in total. The normalized spacial score (nSPS) is 11.3. The van der Waals surface area contributed by atoms with E-state index >= 15 is 0 Å². The Morgan fingerprint density at radius 2 is 2.00 bits per heavy atom. The third-order valence-corrected chi connectivity index (χ3v) is 2.03. The minimum atomic E-state index is -1.21. The molecule has 0 unspecified atom stereocenters. The molecule has 0 saturated heterocycles. The Labute approximate surface area is 97.5 Å². The molecular weight excluding hydrogens is 225 g/mol. The number of carboxylic acid groups (broad SMARTS) is 1. The molecule has 1 amide bonds. The highest BCUT2D eigenvalue weighted by atomic mass is 19.1. The zero-order valence-electron chi connectivity index (χ0n) is 8.81. The molecule has 0 aliphatic rings. The molecule has 0 aliphatic carbocycles. The second-order valence-corrected chi connectivity index (χ2v) is 3.28. The van der Waals surface area contributed by atoms with Crippen molar-refractivity contribution >= 4 is 11.9 Å². The van der Waals surface area contributed by atoms with Gasteiger partial charge < -0.3 is 10.4 Å². The zero-order chi connectivity index (χ0) is 12.8. The first-order chi connectivity index (χ1) is 8.04. The fourth-order valence-electron chi connectivity index (χ4n) is 1.16. The quantitative estimate of drug-likeness (QED) is 0.766. The van der Waals surface area contributed by atoms with Gasteiger partial charge in [0.25, 0.3) is 5.91 Å². The van der Waals surface area contributed by atoms with Gasteiger partial charge in [-0.25, -0.2) is 9.18 Å². The molecule has 0 fully saturated rings. The maximum Gasteiger partial charge on any atom is 0.327 e. The Kier molecular flexibility index (Phi) is 4.23. The van der Waals surface area contributed by atoms with Crippen LogP contribution in [0.2, 0.25) is 0 Å².